The number of hydrogen-bond donors (Lipinski definition) is 1. The standard InChI is InChI=1S/C21H32O3/c1-12(22)15-4-5-16-14-10-18-21(24-18)11-13(23)6-9-20(21,3)17(14)7-8-19(15,16)2/h13-18,23H,4-11H2,1-3H3/t13-,14+,15+,16-,17-,18+,19-,20-,21+/m1/s1. The molecule has 0 aromatic rings. The van der Waals surface area contributed by atoms with Crippen molar-refractivity contribution in [3.63, 3.8) is 0 Å². The van der Waals surface area contributed by atoms with Gasteiger partial charge in [-0.1, -0.05) is 13.8 Å². The summed E-state index contributed by atoms with van der Waals surface area (Å²) in [6.07, 6.45) is 9.10. The Morgan fingerprint density at radius 3 is 2.62 bits per heavy atom. The second-order valence-corrected chi connectivity index (χ2v) is 10.2. The molecule has 5 aliphatic rings. The van der Waals surface area contributed by atoms with Crippen LogP contribution < -0.4 is 0 Å². The lowest BCUT2D eigenvalue weighted by Gasteiger charge is -2.59. The Morgan fingerprint density at radius 1 is 1.08 bits per heavy atom. The van der Waals surface area contributed by atoms with Crippen molar-refractivity contribution in [2.75, 3.05) is 0 Å². The minimum absolute atomic E-state index is 0.0157. The molecular weight excluding hydrogens is 300 g/mol. The van der Waals surface area contributed by atoms with Crippen LogP contribution in [0.2, 0.25) is 0 Å². The van der Waals surface area contributed by atoms with E-state index in [4.69, 9.17) is 4.74 Å². The molecule has 3 nitrogen and oxygen atoms in total. The minimum atomic E-state index is -0.165. The normalized spacial score (nSPS) is 61.3. The first-order valence-corrected chi connectivity index (χ1v) is 10.2. The number of rotatable bonds is 1. The molecule has 1 aliphatic heterocycles. The number of aliphatic hydroxyl groups is 1. The number of epoxide rings is 1. The summed E-state index contributed by atoms with van der Waals surface area (Å²) in [5.74, 6) is 2.87. The van der Waals surface area contributed by atoms with E-state index in [1.807, 2.05) is 6.92 Å². The number of aliphatic hydroxyl groups excluding tert-OH is 1. The Bertz CT molecular complexity index is 588. The highest BCUT2D eigenvalue weighted by molar-refractivity contribution is 5.79. The molecular formula is C21H32O3. The maximum Gasteiger partial charge on any atom is 0.133 e. The number of fused-ring (bicyclic) bond motifs is 4. The van der Waals surface area contributed by atoms with Gasteiger partial charge in [0.25, 0.3) is 0 Å². The van der Waals surface area contributed by atoms with Crippen LogP contribution in [0.15, 0.2) is 0 Å². The Labute approximate surface area is 145 Å². The molecule has 5 fully saturated rings. The fourth-order valence-corrected chi connectivity index (χ4v) is 8.33. The van der Waals surface area contributed by atoms with E-state index in [0.29, 0.717) is 17.8 Å². The van der Waals surface area contributed by atoms with E-state index in [0.717, 1.165) is 37.5 Å². The van der Waals surface area contributed by atoms with Gasteiger partial charge in [0.1, 0.15) is 11.4 Å². The average molecular weight is 332 g/mol. The molecule has 9 atom stereocenters. The molecule has 4 saturated carbocycles. The summed E-state index contributed by atoms with van der Waals surface area (Å²) in [5.41, 5.74) is 0.458. The maximum absolute atomic E-state index is 12.2. The van der Waals surface area contributed by atoms with Crippen molar-refractivity contribution < 1.29 is 14.6 Å². The molecule has 3 heteroatoms. The Balaban J connectivity index is 1.49. The summed E-state index contributed by atoms with van der Waals surface area (Å²) >= 11 is 0. The van der Waals surface area contributed by atoms with Gasteiger partial charge in [0, 0.05) is 17.8 Å². The highest BCUT2D eigenvalue weighted by atomic mass is 16.6. The predicted molar refractivity (Wildman–Crippen MR) is 91.4 cm³/mol. The maximum atomic E-state index is 12.2. The smallest absolute Gasteiger partial charge is 0.133 e. The van der Waals surface area contributed by atoms with E-state index in [9.17, 15) is 9.90 Å². The summed E-state index contributed by atoms with van der Waals surface area (Å²) < 4.78 is 6.36. The van der Waals surface area contributed by atoms with Crippen LogP contribution in [0.1, 0.15) is 72.1 Å². The number of ketones is 1. The van der Waals surface area contributed by atoms with Crippen LogP contribution in [-0.2, 0) is 9.53 Å². The van der Waals surface area contributed by atoms with Gasteiger partial charge in [-0.05, 0) is 75.0 Å². The number of carbonyl (C=O) groups excluding carboxylic acids is 1. The number of ether oxygens (including phenoxy) is 1. The van der Waals surface area contributed by atoms with E-state index >= 15 is 0 Å². The van der Waals surface area contributed by atoms with Crippen LogP contribution in [0.4, 0.5) is 0 Å². The Hall–Kier alpha value is -0.410. The lowest BCUT2D eigenvalue weighted by Crippen LogP contribution is -2.58. The second-order valence-electron chi connectivity index (χ2n) is 10.2. The van der Waals surface area contributed by atoms with Crippen LogP contribution >= 0.6 is 0 Å². The minimum Gasteiger partial charge on any atom is -0.393 e. The van der Waals surface area contributed by atoms with E-state index < -0.39 is 0 Å². The van der Waals surface area contributed by atoms with E-state index in [1.54, 1.807) is 0 Å². The zero-order valence-corrected chi connectivity index (χ0v) is 15.4. The molecule has 0 unspecified atom stereocenters. The molecule has 1 saturated heterocycles. The fraction of sp³-hybridized carbons (Fsp3) is 0.952. The lowest BCUT2D eigenvalue weighted by atomic mass is 9.44. The first-order valence-electron chi connectivity index (χ1n) is 10.2. The van der Waals surface area contributed by atoms with E-state index in [-0.39, 0.29) is 28.5 Å². The molecule has 4 aliphatic carbocycles. The zero-order valence-electron chi connectivity index (χ0n) is 15.4. The van der Waals surface area contributed by atoms with Gasteiger partial charge in [-0.15, -0.1) is 0 Å². The lowest BCUT2D eigenvalue weighted by molar-refractivity contribution is -0.133. The number of Topliss-reactive ketones (excluding diaryl/α,β-unsaturated/α-hetero) is 1. The quantitative estimate of drug-likeness (QED) is 0.745. The van der Waals surface area contributed by atoms with Crippen molar-refractivity contribution in [2.24, 2.45) is 34.5 Å². The van der Waals surface area contributed by atoms with Gasteiger partial charge in [0.05, 0.1) is 12.2 Å². The van der Waals surface area contributed by atoms with Gasteiger partial charge in [0.2, 0.25) is 0 Å². The van der Waals surface area contributed by atoms with Crippen molar-refractivity contribution in [3.05, 3.63) is 0 Å². The van der Waals surface area contributed by atoms with Crippen LogP contribution in [0.5, 0.6) is 0 Å². The molecule has 0 amide bonds. The summed E-state index contributed by atoms with van der Waals surface area (Å²) in [6.45, 7) is 6.69. The SMILES string of the molecule is CC(=O)[C@@H]1CC[C@@H]2[C@@H]3C[C@@H]4O[C@@]45C[C@H](O)CC[C@]5(C)[C@@H]3CC[C@@]21C. The van der Waals surface area contributed by atoms with E-state index in [1.165, 1.54) is 25.7 Å². The zero-order chi connectivity index (χ0) is 16.9. The molecule has 0 bridgehead atoms. The summed E-state index contributed by atoms with van der Waals surface area (Å²) in [6, 6.07) is 0. The highest BCUT2D eigenvalue weighted by Gasteiger charge is 2.76. The van der Waals surface area contributed by atoms with Crippen molar-refractivity contribution >= 4 is 5.78 Å². The molecule has 1 spiro atoms. The molecule has 0 radical (unpaired) electrons. The van der Waals surface area contributed by atoms with Crippen LogP contribution in [-0.4, -0.2) is 28.7 Å². The van der Waals surface area contributed by atoms with Crippen molar-refractivity contribution in [1.29, 1.82) is 0 Å². The molecule has 1 N–H and O–H groups in total. The Kier molecular flexibility index (Phi) is 3.06. The molecule has 0 aromatic heterocycles. The monoisotopic (exact) mass is 332 g/mol. The fourth-order valence-electron chi connectivity index (χ4n) is 8.33. The summed E-state index contributed by atoms with van der Waals surface area (Å²) in [7, 11) is 0. The van der Waals surface area contributed by atoms with Gasteiger partial charge in [-0.2, -0.15) is 0 Å². The molecule has 0 aromatic carbocycles. The van der Waals surface area contributed by atoms with Crippen molar-refractivity contribution in [3.8, 4) is 0 Å². The first-order chi connectivity index (χ1) is 11.3. The number of hydrogen-bond acceptors (Lipinski definition) is 3. The number of carbonyl (C=O) groups is 1. The molecule has 134 valence electrons. The van der Waals surface area contributed by atoms with E-state index in [2.05, 4.69) is 13.8 Å². The van der Waals surface area contributed by atoms with Crippen molar-refractivity contribution in [1.82, 2.24) is 0 Å². The van der Waals surface area contributed by atoms with Crippen LogP contribution in [0.3, 0.4) is 0 Å². The molecule has 1 heterocycles. The molecule has 24 heavy (non-hydrogen) atoms. The average Bonchev–Trinajstić information content (AvgIpc) is 3.08. The van der Waals surface area contributed by atoms with Gasteiger partial charge in [-0.3, -0.25) is 4.79 Å². The summed E-state index contributed by atoms with van der Waals surface area (Å²) in [5, 5.41) is 10.2. The predicted octanol–water partition coefficient (Wildman–Crippen LogP) is 3.73. The Morgan fingerprint density at radius 2 is 1.88 bits per heavy atom. The van der Waals surface area contributed by atoms with Gasteiger partial charge >= 0.3 is 0 Å². The van der Waals surface area contributed by atoms with Gasteiger partial charge in [0.15, 0.2) is 0 Å². The third kappa shape index (κ3) is 1.69. The summed E-state index contributed by atoms with van der Waals surface area (Å²) in [4.78, 5) is 12.2. The largest absolute Gasteiger partial charge is 0.393 e. The van der Waals surface area contributed by atoms with Crippen LogP contribution in [0, 0.1) is 34.5 Å². The van der Waals surface area contributed by atoms with Crippen LogP contribution in [0.25, 0.3) is 0 Å². The molecule has 5 rings (SSSR count). The highest BCUT2D eigenvalue weighted by Crippen LogP contribution is 2.73. The third-order valence-corrected chi connectivity index (χ3v) is 9.55. The third-order valence-electron chi connectivity index (χ3n) is 9.55. The van der Waals surface area contributed by atoms with Gasteiger partial charge in [-0.25, -0.2) is 0 Å². The first kappa shape index (κ1) is 15.8. The topological polar surface area (TPSA) is 49.8 Å². The van der Waals surface area contributed by atoms with Crippen molar-refractivity contribution in [2.45, 2.75) is 89.9 Å². The second kappa shape index (κ2) is 4.65. The van der Waals surface area contributed by atoms with Gasteiger partial charge < -0.3 is 9.84 Å².